The SMILES string of the molecule is COCC(C)NC(=S)NC1(C)CC1. The first-order chi connectivity index (χ1) is 6.06. The van der Waals surface area contributed by atoms with Gasteiger partial charge in [0, 0.05) is 18.7 Å². The van der Waals surface area contributed by atoms with E-state index in [1.165, 1.54) is 12.8 Å². The molecule has 0 aromatic carbocycles. The lowest BCUT2D eigenvalue weighted by atomic mass is 10.3. The minimum Gasteiger partial charge on any atom is -0.383 e. The summed E-state index contributed by atoms with van der Waals surface area (Å²) in [4.78, 5) is 0. The van der Waals surface area contributed by atoms with Crippen molar-refractivity contribution in [1.29, 1.82) is 0 Å². The van der Waals surface area contributed by atoms with Crippen LogP contribution in [0.2, 0.25) is 0 Å². The third-order valence-corrected chi connectivity index (χ3v) is 2.43. The third-order valence-electron chi connectivity index (χ3n) is 2.21. The maximum atomic E-state index is 5.15. The van der Waals surface area contributed by atoms with Gasteiger partial charge in [-0.15, -0.1) is 0 Å². The van der Waals surface area contributed by atoms with Crippen LogP contribution in [0.5, 0.6) is 0 Å². The lowest BCUT2D eigenvalue weighted by molar-refractivity contribution is 0.179. The van der Waals surface area contributed by atoms with Crippen LogP contribution in [-0.2, 0) is 4.74 Å². The number of methoxy groups -OCH3 is 1. The molecule has 1 unspecified atom stereocenters. The van der Waals surface area contributed by atoms with E-state index in [-0.39, 0.29) is 11.6 Å². The molecule has 1 atom stereocenters. The van der Waals surface area contributed by atoms with Crippen LogP contribution >= 0.6 is 12.2 Å². The van der Waals surface area contributed by atoms with Gasteiger partial charge in [-0.1, -0.05) is 0 Å². The van der Waals surface area contributed by atoms with Gasteiger partial charge in [-0.25, -0.2) is 0 Å². The van der Waals surface area contributed by atoms with Crippen molar-refractivity contribution >= 4 is 17.3 Å². The zero-order chi connectivity index (χ0) is 9.90. The van der Waals surface area contributed by atoms with Crippen molar-refractivity contribution in [3.63, 3.8) is 0 Å². The highest BCUT2D eigenvalue weighted by molar-refractivity contribution is 7.80. The summed E-state index contributed by atoms with van der Waals surface area (Å²) in [6.07, 6.45) is 2.43. The predicted molar refractivity (Wildman–Crippen MR) is 57.8 cm³/mol. The van der Waals surface area contributed by atoms with Crippen molar-refractivity contribution in [1.82, 2.24) is 10.6 Å². The maximum Gasteiger partial charge on any atom is 0.167 e. The number of nitrogens with one attached hydrogen (secondary N) is 2. The minimum absolute atomic E-state index is 0.261. The second kappa shape index (κ2) is 4.24. The van der Waals surface area contributed by atoms with Gasteiger partial charge in [-0.2, -0.15) is 0 Å². The first-order valence-corrected chi connectivity index (χ1v) is 5.04. The van der Waals surface area contributed by atoms with E-state index < -0.39 is 0 Å². The van der Waals surface area contributed by atoms with Gasteiger partial charge in [0.15, 0.2) is 5.11 Å². The van der Waals surface area contributed by atoms with Crippen molar-refractivity contribution < 1.29 is 4.74 Å². The average molecular weight is 202 g/mol. The molecule has 1 aliphatic carbocycles. The van der Waals surface area contributed by atoms with E-state index in [0.29, 0.717) is 6.61 Å². The fourth-order valence-corrected chi connectivity index (χ4v) is 1.59. The molecule has 0 bridgehead atoms. The zero-order valence-electron chi connectivity index (χ0n) is 8.52. The largest absolute Gasteiger partial charge is 0.383 e. The van der Waals surface area contributed by atoms with Gasteiger partial charge < -0.3 is 15.4 Å². The molecule has 0 amide bonds. The molecular formula is C9H18N2OS. The van der Waals surface area contributed by atoms with Crippen molar-refractivity contribution in [2.24, 2.45) is 0 Å². The smallest absolute Gasteiger partial charge is 0.167 e. The van der Waals surface area contributed by atoms with Gasteiger partial charge in [0.2, 0.25) is 0 Å². The Morgan fingerprint density at radius 3 is 2.69 bits per heavy atom. The molecular weight excluding hydrogens is 184 g/mol. The lowest BCUT2D eigenvalue weighted by Crippen LogP contribution is -2.46. The van der Waals surface area contributed by atoms with Gasteiger partial charge in [-0.05, 0) is 38.9 Å². The van der Waals surface area contributed by atoms with E-state index >= 15 is 0 Å². The molecule has 4 heteroatoms. The highest BCUT2D eigenvalue weighted by Gasteiger charge is 2.37. The summed E-state index contributed by atoms with van der Waals surface area (Å²) in [6.45, 7) is 4.91. The summed E-state index contributed by atoms with van der Waals surface area (Å²) >= 11 is 5.15. The van der Waals surface area contributed by atoms with Crippen LogP contribution in [-0.4, -0.2) is 30.4 Å². The van der Waals surface area contributed by atoms with Crippen LogP contribution in [0.4, 0.5) is 0 Å². The molecule has 0 spiro atoms. The Balaban J connectivity index is 2.17. The molecule has 0 aromatic rings. The molecule has 76 valence electrons. The van der Waals surface area contributed by atoms with Crippen LogP contribution in [0.1, 0.15) is 26.7 Å². The molecule has 3 nitrogen and oxygen atoms in total. The number of rotatable bonds is 4. The number of hydrogen-bond donors (Lipinski definition) is 2. The Bertz CT molecular complexity index is 192. The van der Waals surface area contributed by atoms with Crippen molar-refractivity contribution in [3.05, 3.63) is 0 Å². The number of ether oxygens (including phenoxy) is 1. The number of thiocarbonyl (C=S) groups is 1. The highest BCUT2D eigenvalue weighted by Crippen LogP contribution is 2.33. The van der Waals surface area contributed by atoms with Gasteiger partial charge >= 0.3 is 0 Å². The molecule has 0 heterocycles. The van der Waals surface area contributed by atoms with Crippen molar-refractivity contribution in [2.45, 2.75) is 38.3 Å². The molecule has 0 saturated heterocycles. The number of hydrogen-bond acceptors (Lipinski definition) is 2. The summed E-state index contributed by atoms with van der Waals surface area (Å²) < 4.78 is 5.00. The molecule has 0 radical (unpaired) electrons. The molecule has 1 aliphatic rings. The quantitative estimate of drug-likeness (QED) is 0.667. The lowest BCUT2D eigenvalue weighted by Gasteiger charge is -2.19. The Hall–Kier alpha value is -0.350. The Kier molecular flexibility index (Phi) is 3.50. The average Bonchev–Trinajstić information content (AvgIpc) is 2.67. The summed E-state index contributed by atoms with van der Waals surface area (Å²) in [7, 11) is 1.69. The van der Waals surface area contributed by atoms with Gasteiger partial charge in [0.25, 0.3) is 0 Å². The summed E-state index contributed by atoms with van der Waals surface area (Å²) in [5.41, 5.74) is 0.261. The van der Waals surface area contributed by atoms with Gasteiger partial charge in [0.1, 0.15) is 0 Å². The Labute approximate surface area is 85.2 Å². The third kappa shape index (κ3) is 3.91. The van der Waals surface area contributed by atoms with Crippen LogP contribution in [0, 0.1) is 0 Å². The zero-order valence-corrected chi connectivity index (χ0v) is 9.33. The van der Waals surface area contributed by atoms with Gasteiger partial charge in [-0.3, -0.25) is 0 Å². The van der Waals surface area contributed by atoms with E-state index in [9.17, 15) is 0 Å². The summed E-state index contributed by atoms with van der Waals surface area (Å²) in [6, 6.07) is 0.271. The molecule has 1 saturated carbocycles. The Morgan fingerprint density at radius 2 is 2.23 bits per heavy atom. The molecule has 2 N–H and O–H groups in total. The van der Waals surface area contributed by atoms with E-state index in [1.807, 2.05) is 6.92 Å². The van der Waals surface area contributed by atoms with Crippen LogP contribution in [0.15, 0.2) is 0 Å². The second-order valence-electron chi connectivity index (χ2n) is 4.02. The molecule has 1 rings (SSSR count). The fourth-order valence-electron chi connectivity index (χ4n) is 1.14. The van der Waals surface area contributed by atoms with Crippen LogP contribution in [0.25, 0.3) is 0 Å². The van der Waals surface area contributed by atoms with Crippen molar-refractivity contribution in [3.8, 4) is 0 Å². The van der Waals surface area contributed by atoms with Crippen LogP contribution < -0.4 is 10.6 Å². The topological polar surface area (TPSA) is 33.3 Å². The summed E-state index contributed by atoms with van der Waals surface area (Å²) in [5.74, 6) is 0. The standard InChI is InChI=1S/C9H18N2OS/c1-7(6-12-3)10-8(13)11-9(2)4-5-9/h7H,4-6H2,1-3H3,(H2,10,11,13). The molecule has 1 fully saturated rings. The normalized spacial score (nSPS) is 20.5. The Morgan fingerprint density at radius 1 is 1.62 bits per heavy atom. The van der Waals surface area contributed by atoms with E-state index in [2.05, 4.69) is 17.6 Å². The van der Waals surface area contributed by atoms with E-state index in [0.717, 1.165) is 5.11 Å². The van der Waals surface area contributed by atoms with Crippen molar-refractivity contribution in [2.75, 3.05) is 13.7 Å². The monoisotopic (exact) mass is 202 g/mol. The van der Waals surface area contributed by atoms with Gasteiger partial charge in [0.05, 0.1) is 6.61 Å². The summed E-state index contributed by atoms with van der Waals surface area (Å²) in [5, 5.41) is 7.20. The molecule has 0 aliphatic heterocycles. The van der Waals surface area contributed by atoms with E-state index in [4.69, 9.17) is 17.0 Å². The highest BCUT2D eigenvalue weighted by atomic mass is 32.1. The molecule has 0 aromatic heterocycles. The first-order valence-electron chi connectivity index (χ1n) is 4.63. The second-order valence-corrected chi connectivity index (χ2v) is 4.42. The maximum absolute atomic E-state index is 5.15. The minimum atomic E-state index is 0.261. The first kappa shape index (κ1) is 10.7. The fraction of sp³-hybridized carbons (Fsp3) is 0.889. The predicted octanol–water partition coefficient (Wildman–Crippen LogP) is 1.04. The van der Waals surface area contributed by atoms with E-state index in [1.54, 1.807) is 7.11 Å². The van der Waals surface area contributed by atoms with Crippen LogP contribution in [0.3, 0.4) is 0 Å². The molecule has 13 heavy (non-hydrogen) atoms.